The number of imide groups is 1. The number of likely N-dealkylation sites (tertiary alicyclic amines) is 1. The third-order valence-corrected chi connectivity index (χ3v) is 8.26. The molecule has 3 N–H and O–H groups in total. The van der Waals surface area contributed by atoms with Crippen LogP contribution in [0.15, 0.2) is 53.7 Å². The summed E-state index contributed by atoms with van der Waals surface area (Å²) < 4.78 is 41.0. The van der Waals surface area contributed by atoms with Crippen molar-refractivity contribution in [2.75, 3.05) is 13.1 Å². The average Bonchev–Trinajstić information content (AvgIpc) is 3.38. The van der Waals surface area contributed by atoms with Crippen molar-refractivity contribution in [3.63, 3.8) is 0 Å². The zero-order chi connectivity index (χ0) is 28.6. The average molecular weight is 557 g/mol. The van der Waals surface area contributed by atoms with Crippen LogP contribution in [0.5, 0.6) is 0 Å². The second kappa shape index (κ2) is 11.3. The number of halogens is 3. The molecule has 11 heteroatoms. The molecule has 5 rings (SSSR count). The number of nitrogens with zero attached hydrogens (tertiary/aromatic N) is 2. The Morgan fingerprint density at radius 2 is 1.62 bits per heavy atom. The Morgan fingerprint density at radius 3 is 2.27 bits per heavy atom. The minimum atomic E-state index is -1.44. The van der Waals surface area contributed by atoms with Gasteiger partial charge in [0.25, 0.3) is 0 Å². The first-order valence-corrected chi connectivity index (χ1v) is 13.4. The maximum Gasteiger partial charge on any atom is 0.335 e. The van der Waals surface area contributed by atoms with Crippen LogP contribution in [0.25, 0.3) is 0 Å². The highest BCUT2D eigenvalue weighted by atomic mass is 19.2. The number of amides is 4. The highest BCUT2D eigenvalue weighted by molar-refractivity contribution is 6.01. The summed E-state index contributed by atoms with van der Waals surface area (Å²) in [5, 5.41) is 15.1. The van der Waals surface area contributed by atoms with Crippen LogP contribution < -0.4 is 10.6 Å². The van der Waals surface area contributed by atoms with Crippen LogP contribution in [0.3, 0.4) is 0 Å². The quantitative estimate of drug-likeness (QED) is 0.479. The summed E-state index contributed by atoms with van der Waals surface area (Å²) in [5.74, 6) is -3.60. The molecule has 1 saturated carbocycles. The number of hydrogen-bond donors (Lipinski definition) is 3. The normalized spacial score (nSPS) is 25.6. The van der Waals surface area contributed by atoms with Crippen LogP contribution in [0.4, 0.5) is 22.8 Å². The standard InChI is InChI=1S/C29H31F3N4O4/c1-16-25(27(37)38)26(19-6-11-23(31)24(32)14-19)36(28(39)33-16)29(40)34-21-12-13-35(15-21)22-9-4-18(5-10-22)17-2-7-20(30)8-3-17/h2-3,6-8,11,14,18,21-22,26H,4-5,9-10,12-13,15H2,1H3,(H,33,39)(H,34,40)(H,37,38)/t18?,21-,22?,26+/m1/s1. The van der Waals surface area contributed by atoms with Gasteiger partial charge in [-0.3, -0.25) is 4.90 Å². The number of carbonyl (C=O) groups excluding carboxylic acids is 2. The number of benzene rings is 2. The first-order chi connectivity index (χ1) is 19.1. The molecule has 0 aromatic heterocycles. The first kappa shape index (κ1) is 27.7. The summed E-state index contributed by atoms with van der Waals surface area (Å²) in [4.78, 5) is 41.5. The van der Waals surface area contributed by atoms with Crippen LogP contribution in [0.2, 0.25) is 0 Å². The van der Waals surface area contributed by atoms with Gasteiger partial charge in [-0.05, 0) is 80.3 Å². The van der Waals surface area contributed by atoms with Gasteiger partial charge < -0.3 is 15.7 Å². The van der Waals surface area contributed by atoms with Crippen molar-refractivity contribution < 1.29 is 32.7 Å². The fraction of sp³-hybridized carbons (Fsp3) is 0.414. The summed E-state index contributed by atoms with van der Waals surface area (Å²) in [6, 6.07) is 6.42. The molecule has 8 nitrogen and oxygen atoms in total. The van der Waals surface area contributed by atoms with E-state index >= 15 is 0 Å². The van der Waals surface area contributed by atoms with Crippen molar-refractivity contribution in [1.82, 2.24) is 20.4 Å². The SMILES string of the molecule is CC1=C(C(=O)O)[C@H](c2ccc(F)c(F)c2)N(C(=O)N[C@@H]2CCN(C3CCC(c4ccc(F)cc4)CC3)C2)C(=O)N1. The minimum absolute atomic E-state index is 0.0135. The maximum absolute atomic E-state index is 14.1. The van der Waals surface area contributed by atoms with Gasteiger partial charge in [0, 0.05) is 30.9 Å². The van der Waals surface area contributed by atoms with Gasteiger partial charge in [0.2, 0.25) is 0 Å². The van der Waals surface area contributed by atoms with Crippen LogP contribution in [-0.4, -0.2) is 58.1 Å². The molecule has 3 aliphatic rings. The summed E-state index contributed by atoms with van der Waals surface area (Å²) in [6.07, 6.45) is 4.56. The molecule has 0 radical (unpaired) electrons. The number of carboxylic acids is 1. The number of carbonyl (C=O) groups is 3. The summed E-state index contributed by atoms with van der Waals surface area (Å²) in [7, 11) is 0. The summed E-state index contributed by atoms with van der Waals surface area (Å²) in [5.41, 5.74) is 0.810. The molecule has 2 aromatic rings. The predicted octanol–water partition coefficient (Wildman–Crippen LogP) is 5.04. The zero-order valence-corrected chi connectivity index (χ0v) is 22.0. The molecule has 40 heavy (non-hydrogen) atoms. The molecule has 2 aliphatic heterocycles. The Kier molecular flexibility index (Phi) is 7.84. The fourth-order valence-corrected chi connectivity index (χ4v) is 6.21. The van der Waals surface area contributed by atoms with Gasteiger partial charge >= 0.3 is 18.0 Å². The smallest absolute Gasteiger partial charge is 0.335 e. The minimum Gasteiger partial charge on any atom is -0.478 e. The molecule has 0 spiro atoms. The molecule has 2 atom stereocenters. The number of hydrogen-bond acceptors (Lipinski definition) is 4. The van der Waals surface area contributed by atoms with Crippen LogP contribution in [0, 0.1) is 17.5 Å². The van der Waals surface area contributed by atoms with E-state index in [1.54, 1.807) is 0 Å². The van der Waals surface area contributed by atoms with Gasteiger partial charge in [-0.25, -0.2) is 32.5 Å². The second-order valence-corrected chi connectivity index (χ2v) is 10.7. The summed E-state index contributed by atoms with van der Waals surface area (Å²) >= 11 is 0. The van der Waals surface area contributed by atoms with E-state index in [0.717, 1.165) is 60.9 Å². The van der Waals surface area contributed by atoms with Crippen LogP contribution in [-0.2, 0) is 4.79 Å². The second-order valence-electron chi connectivity index (χ2n) is 10.7. The third kappa shape index (κ3) is 5.56. The fourth-order valence-electron chi connectivity index (χ4n) is 6.21. The molecule has 2 heterocycles. The van der Waals surface area contributed by atoms with E-state index in [1.165, 1.54) is 19.1 Å². The Hall–Kier alpha value is -3.86. The molecule has 1 aliphatic carbocycles. The van der Waals surface area contributed by atoms with Gasteiger partial charge in [0.1, 0.15) is 11.9 Å². The molecule has 4 amide bonds. The molecular weight excluding hydrogens is 525 g/mol. The Bertz CT molecular complexity index is 1340. The van der Waals surface area contributed by atoms with Crippen molar-refractivity contribution in [1.29, 1.82) is 0 Å². The van der Waals surface area contributed by atoms with Crippen LogP contribution >= 0.6 is 0 Å². The van der Waals surface area contributed by atoms with Crippen molar-refractivity contribution >= 4 is 18.0 Å². The van der Waals surface area contributed by atoms with Gasteiger partial charge in [-0.1, -0.05) is 18.2 Å². The Labute approximate surface area is 229 Å². The van der Waals surface area contributed by atoms with E-state index < -0.39 is 35.7 Å². The van der Waals surface area contributed by atoms with Gasteiger partial charge in [0.15, 0.2) is 11.6 Å². The molecule has 212 valence electrons. The monoisotopic (exact) mass is 556 g/mol. The molecule has 0 unspecified atom stereocenters. The van der Waals surface area contributed by atoms with Gasteiger partial charge in [-0.15, -0.1) is 0 Å². The molecular formula is C29H31F3N4O4. The predicted molar refractivity (Wildman–Crippen MR) is 140 cm³/mol. The number of rotatable bonds is 5. The van der Waals surface area contributed by atoms with Crippen molar-refractivity contribution in [2.45, 2.75) is 63.1 Å². The molecule has 2 fully saturated rings. The number of allylic oxidation sites excluding steroid dienone is 1. The van der Waals surface area contributed by atoms with E-state index in [4.69, 9.17) is 0 Å². The third-order valence-electron chi connectivity index (χ3n) is 8.26. The van der Waals surface area contributed by atoms with E-state index in [0.29, 0.717) is 24.9 Å². The van der Waals surface area contributed by atoms with Gasteiger partial charge in [-0.2, -0.15) is 0 Å². The van der Waals surface area contributed by atoms with Crippen LogP contribution in [0.1, 0.15) is 62.1 Å². The van der Waals surface area contributed by atoms with Crippen molar-refractivity contribution in [3.05, 3.63) is 82.3 Å². The molecule has 1 saturated heterocycles. The largest absolute Gasteiger partial charge is 0.478 e. The van der Waals surface area contributed by atoms with E-state index in [9.17, 15) is 32.7 Å². The summed E-state index contributed by atoms with van der Waals surface area (Å²) in [6.45, 7) is 2.71. The molecule has 2 aromatic carbocycles. The number of nitrogens with one attached hydrogen (secondary N) is 2. The Balaban J connectivity index is 1.25. The van der Waals surface area contributed by atoms with E-state index in [2.05, 4.69) is 15.5 Å². The topological polar surface area (TPSA) is 102 Å². The van der Waals surface area contributed by atoms with E-state index in [-0.39, 0.29) is 28.7 Å². The maximum atomic E-state index is 14.1. The number of aliphatic carboxylic acids is 1. The van der Waals surface area contributed by atoms with Gasteiger partial charge in [0.05, 0.1) is 5.57 Å². The first-order valence-electron chi connectivity index (χ1n) is 13.4. The number of carboxylic acid groups (broad SMARTS) is 1. The van der Waals surface area contributed by atoms with Crippen molar-refractivity contribution in [2.24, 2.45) is 0 Å². The zero-order valence-electron chi connectivity index (χ0n) is 22.0. The molecule has 0 bridgehead atoms. The Morgan fingerprint density at radius 1 is 0.950 bits per heavy atom. The van der Waals surface area contributed by atoms with E-state index in [1.807, 2.05) is 12.1 Å². The number of urea groups is 2. The lowest BCUT2D eigenvalue weighted by Crippen LogP contribution is -2.56. The highest BCUT2D eigenvalue weighted by Gasteiger charge is 2.43. The highest BCUT2D eigenvalue weighted by Crippen LogP contribution is 2.37. The van der Waals surface area contributed by atoms with Crippen molar-refractivity contribution in [3.8, 4) is 0 Å². The lowest BCUT2D eigenvalue weighted by Gasteiger charge is -2.36. The lowest BCUT2D eigenvalue weighted by atomic mass is 9.81. The lowest BCUT2D eigenvalue weighted by molar-refractivity contribution is -0.133.